The van der Waals surface area contributed by atoms with Crippen molar-refractivity contribution >= 4 is 16.6 Å². The number of ether oxygens (including phenoxy) is 1. The highest BCUT2D eigenvalue weighted by atomic mass is 16.5. The lowest BCUT2D eigenvalue weighted by atomic mass is 9.94. The summed E-state index contributed by atoms with van der Waals surface area (Å²) in [7, 11) is 1.67. The summed E-state index contributed by atoms with van der Waals surface area (Å²) in [6, 6.07) is 15.7. The molecular formula is C22H22N4O2. The Morgan fingerprint density at radius 2 is 1.86 bits per heavy atom. The molecule has 0 bridgehead atoms. The van der Waals surface area contributed by atoms with E-state index in [4.69, 9.17) is 9.84 Å². The molecule has 0 spiro atoms. The van der Waals surface area contributed by atoms with Crippen molar-refractivity contribution in [2.75, 3.05) is 20.2 Å². The van der Waals surface area contributed by atoms with E-state index < -0.39 is 0 Å². The van der Waals surface area contributed by atoms with Crippen LogP contribution in [0.2, 0.25) is 0 Å². The van der Waals surface area contributed by atoms with Gasteiger partial charge >= 0.3 is 0 Å². The third kappa shape index (κ3) is 2.68. The Labute approximate surface area is 162 Å². The summed E-state index contributed by atoms with van der Waals surface area (Å²) in [4.78, 5) is 15.6. The molecule has 6 nitrogen and oxygen atoms in total. The van der Waals surface area contributed by atoms with Gasteiger partial charge in [0.15, 0.2) is 0 Å². The predicted octanol–water partition coefficient (Wildman–Crippen LogP) is 3.32. The van der Waals surface area contributed by atoms with Crippen molar-refractivity contribution in [3.8, 4) is 16.9 Å². The molecular weight excluding hydrogens is 352 g/mol. The second-order valence-electron chi connectivity index (χ2n) is 7.24. The number of rotatable bonds is 3. The molecule has 1 aliphatic heterocycles. The molecule has 0 saturated carbocycles. The number of methoxy groups -OCH3 is 1. The lowest BCUT2D eigenvalue weighted by molar-refractivity contribution is 0.416. The molecule has 5 rings (SSSR count). The number of benzene rings is 2. The van der Waals surface area contributed by atoms with Crippen LogP contribution in [-0.4, -0.2) is 34.8 Å². The van der Waals surface area contributed by atoms with Crippen LogP contribution in [0.3, 0.4) is 0 Å². The zero-order chi connectivity index (χ0) is 19.1. The lowest BCUT2D eigenvalue weighted by Gasteiger charge is -2.23. The summed E-state index contributed by atoms with van der Waals surface area (Å²) >= 11 is 0. The maximum atomic E-state index is 12.5. The maximum Gasteiger partial charge on any atom is 0.251 e. The summed E-state index contributed by atoms with van der Waals surface area (Å²) in [5, 5.41) is 9.19. The minimum Gasteiger partial charge on any atom is -0.496 e. The van der Waals surface area contributed by atoms with E-state index in [0.717, 1.165) is 65.1 Å². The van der Waals surface area contributed by atoms with Gasteiger partial charge in [-0.2, -0.15) is 5.10 Å². The van der Waals surface area contributed by atoms with E-state index in [1.165, 1.54) is 0 Å². The summed E-state index contributed by atoms with van der Waals surface area (Å²) in [5.41, 5.74) is 4.50. The van der Waals surface area contributed by atoms with E-state index in [0.29, 0.717) is 5.92 Å². The van der Waals surface area contributed by atoms with Crippen molar-refractivity contribution in [2.45, 2.75) is 18.8 Å². The van der Waals surface area contributed by atoms with Gasteiger partial charge in [0.05, 0.1) is 23.7 Å². The van der Waals surface area contributed by atoms with E-state index >= 15 is 0 Å². The predicted molar refractivity (Wildman–Crippen MR) is 110 cm³/mol. The number of H-pyrrole nitrogens is 1. The van der Waals surface area contributed by atoms with Gasteiger partial charge in [-0.3, -0.25) is 4.79 Å². The highest BCUT2D eigenvalue weighted by Crippen LogP contribution is 2.37. The molecule has 6 heteroatoms. The van der Waals surface area contributed by atoms with E-state index in [1.54, 1.807) is 13.2 Å². The molecule has 2 aromatic heterocycles. The van der Waals surface area contributed by atoms with Gasteiger partial charge < -0.3 is 15.0 Å². The Balaban J connectivity index is 1.82. The van der Waals surface area contributed by atoms with Crippen molar-refractivity contribution in [3.63, 3.8) is 0 Å². The zero-order valence-corrected chi connectivity index (χ0v) is 15.7. The zero-order valence-electron chi connectivity index (χ0n) is 15.7. The first-order valence-corrected chi connectivity index (χ1v) is 9.65. The Morgan fingerprint density at radius 3 is 2.68 bits per heavy atom. The van der Waals surface area contributed by atoms with Crippen molar-refractivity contribution in [1.29, 1.82) is 0 Å². The van der Waals surface area contributed by atoms with Crippen LogP contribution in [-0.2, 0) is 0 Å². The molecule has 1 fully saturated rings. The van der Waals surface area contributed by atoms with Gasteiger partial charge in [-0.25, -0.2) is 4.52 Å². The minimum atomic E-state index is -0.0855. The van der Waals surface area contributed by atoms with Crippen molar-refractivity contribution in [3.05, 3.63) is 64.6 Å². The topological polar surface area (TPSA) is 71.4 Å². The summed E-state index contributed by atoms with van der Waals surface area (Å²) in [5.74, 6) is 1.13. The van der Waals surface area contributed by atoms with E-state index in [1.807, 2.05) is 40.9 Å². The van der Waals surface area contributed by atoms with Crippen LogP contribution in [0.25, 0.3) is 27.7 Å². The number of hydrogen-bond donors (Lipinski definition) is 2. The van der Waals surface area contributed by atoms with Crippen LogP contribution in [0.4, 0.5) is 0 Å². The third-order valence-corrected chi connectivity index (χ3v) is 5.62. The smallest absolute Gasteiger partial charge is 0.251 e. The molecule has 2 N–H and O–H groups in total. The molecule has 3 heterocycles. The number of hydrogen-bond acceptors (Lipinski definition) is 4. The van der Waals surface area contributed by atoms with E-state index in [-0.39, 0.29) is 5.56 Å². The first kappa shape index (κ1) is 17.0. The molecule has 1 saturated heterocycles. The number of nitrogens with one attached hydrogen (secondary N) is 2. The van der Waals surface area contributed by atoms with Crippen molar-refractivity contribution < 1.29 is 4.74 Å². The second-order valence-corrected chi connectivity index (χ2v) is 7.24. The van der Waals surface area contributed by atoms with Gasteiger partial charge in [0.1, 0.15) is 11.4 Å². The molecule has 28 heavy (non-hydrogen) atoms. The van der Waals surface area contributed by atoms with Crippen LogP contribution in [0.15, 0.2) is 53.3 Å². The largest absolute Gasteiger partial charge is 0.496 e. The Hall–Kier alpha value is -3.12. The highest BCUT2D eigenvalue weighted by molar-refractivity contribution is 6.04. The minimum absolute atomic E-state index is 0.0855. The first-order valence-electron chi connectivity index (χ1n) is 9.65. The number of aromatic nitrogens is 3. The fourth-order valence-electron chi connectivity index (χ4n) is 4.29. The van der Waals surface area contributed by atoms with Gasteiger partial charge in [-0.05, 0) is 43.6 Å². The Kier molecular flexibility index (Phi) is 4.13. The van der Waals surface area contributed by atoms with Crippen LogP contribution in [0, 0.1) is 0 Å². The Bertz CT molecular complexity index is 1220. The molecule has 1 aliphatic rings. The van der Waals surface area contributed by atoms with Gasteiger partial charge in [0.2, 0.25) is 0 Å². The van der Waals surface area contributed by atoms with Crippen LogP contribution in [0.1, 0.15) is 24.5 Å². The quantitative estimate of drug-likeness (QED) is 0.577. The van der Waals surface area contributed by atoms with Crippen molar-refractivity contribution in [1.82, 2.24) is 19.9 Å². The third-order valence-electron chi connectivity index (χ3n) is 5.62. The van der Waals surface area contributed by atoms with Gasteiger partial charge in [-0.15, -0.1) is 0 Å². The van der Waals surface area contributed by atoms with Crippen molar-refractivity contribution in [2.24, 2.45) is 0 Å². The van der Waals surface area contributed by atoms with E-state index in [9.17, 15) is 4.79 Å². The number of aromatic amines is 1. The van der Waals surface area contributed by atoms with Gasteiger partial charge in [0.25, 0.3) is 5.56 Å². The summed E-state index contributed by atoms with van der Waals surface area (Å²) < 4.78 is 7.51. The SMILES string of the molecule is COc1ccccc1-c1cccc2nn3c(C4CCNCC4)cc(=O)[nH]c3c12. The normalized spacial score (nSPS) is 15.3. The van der Waals surface area contributed by atoms with Crippen LogP contribution in [0.5, 0.6) is 5.75 Å². The average molecular weight is 374 g/mol. The maximum absolute atomic E-state index is 12.5. The number of fused-ring (bicyclic) bond motifs is 3. The average Bonchev–Trinajstić information content (AvgIpc) is 3.12. The molecule has 0 amide bonds. The standard InChI is InChI=1S/C22H22N4O2/c1-28-19-8-3-2-5-15(19)16-6-4-7-17-21(16)22-24-20(27)13-18(26(22)25-17)14-9-11-23-12-10-14/h2-8,13-14,23H,9-12H2,1H3,(H,24,27). The summed E-state index contributed by atoms with van der Waals surface area (Å²) in [6.07, 6.45) is 2.02. The fraction of sp³-hybridized carbons (Fsp3) is 0.273. The number of piperidine rings is 1. The molecule has 0 unspecified atom stereocenters. The molecule has 0 radical (unpaired) electrons. The van der Waals surface area contributed by atoms with Gasteiger partial charge in [-0.1, -0.05) is 30.3 Å². The molecule has 142 valence electrons. The molecule has 2 aromatic carbocycles. The monoisotopic (exact) mass is 374 g/mol. The fourth-order valence-corrected chi connectivity index (χ4v) is 4.29. The molecule has 0 aliphatic carbocycles. The Morgan fingerprint density at radius 1 is 1.07 bits per heavy atom. The van der Waals surface area contributed by atoms with Crippen LogP contribution >= 0.6 is 0 Å². The first-order chi connectivity index (χ1) is 13.8. The molecule has 4 aromatic rings. The number of para-hydroxylation sites is 1. The summed E-state index contributed by atoms with van der Waals surface area (Å²) in [6.45, 7) is 1.93. The number of nitrogens with zero attached hydrogens (tertiary/aromatic N) is 2. The second kappa shape index (κ2) is 6.80. The van der Waals surface area contributed by atoms with Gasteiger partial charge in [0, 0.05) is 17.5 Å². The highest BCUT2D eigenvalue weighted by Gasteiger charge is 2.22. The molecule has 0 atom stereocenters. The lowest BCUT2D eigenvalue weighted by Crippen LogP contribution is -2.28. The van der Waals surface area contributed by atoms with Crippen LogP contribution < -0.4 is 15.6 Å². The van der Waals surface area contributed by atoms with E-state index in [2.05, 4.69) is 16.4 Å².